The molecule has 7 nitrogen and oxygen atoms in total. The summed E-state index contributed by atoms with van der Waals surface area (Å²) in [6.45, 7) is 16.6. The average Bonchev–Trinajstić information content (AvgIpc) is 2.64. The molecule has 0 aliphatic rings. The van der Waals surface area contributed by atoms with E-state index >= 15 is 0 Å². The Bertz CT molecular complexity index is 351. The second-order valence-electron chi connectivity index (χ2n) is 8.78. The summed E-state index contributed by atoms with van der Waals surface area (Å²) in [5.41, 5.74) is 0. The van der Waals surface area contributed by atoms with E-state index in [0.29, 0.717) is 26.4 Å². The van der Waals surface area contributed by atoms with Gasteiger partial charge >= 0.3 is 0 Å². The summed E-state index contributed by atoms with van der Waals surface area (Å²) >= 11 is 0. The molecule has 0 aromatic rings. The van der Waals surface area contributed by atoms with Gasteiger partial charge in [-0.05, 0) is 65.0 Å². The number of aliphatic hydroxyl groups is 2. The third-order valence-electron chi connectivity index (χ3n) is 4.46. The van der Waals surface area contributed by atoms with Gasteiger partial charge in [0.2, 0.25) is 0 Å². The van der Waals surface area contributed by atoms with Crippen LogP contribution in [0.2, 0.25) is 38.3 Å². The molecular weight excluding hydrogens is 444 g/mol. The van der Waals surface area contributed by atoms with Gasteiger partial charge in [0.05, 0.1) is 51.8 Å². The van der Waals surface area contributed by atoms with E-state index in [9.17, 15) is 0 Å². The van der Waals surface area contributed by atoms with Gasteiger partial charge in [0.15, 0.2) is 16.6 Å². The maximum Gasteiger partial charge on any atom is 0.173 e. The van der Waals surface area contributed by atoms with Gasteiger partial charge < -0.3 is 33.3 Å². The summed E-state index contributed by atoms with van der Waals surface area (Å²) in [5.74, 6) is 0. The molecule has 9 heteroatoms. The third-order valence-corrected chi connectivity index (χ3v) is 12.0. The summed E-state index contributed by atoms with van der Waals surface area (Å²) in [6.07, 6.45) is 1.77. The van der Waals surface area contributed by atoms with Crippen LogP contribution >= 0.6 is 0 Å². The molecule has 0 aliphatic carbocycles. The zero-order valence-electron chi connectivity index (χ0n) is 19.6. The molecule has 0 amide bonds. The van der Waals surface area contributed by atoms with E-state index in [1.807, 2.05) is 13.8 Å². The monoisotopic (exact) mass is 502 g/mol. The molecule has 0 saturated carbocycles. The van der Waals surface area contributed by atoms with Crippen LogP contribution in [0.5, 0.6) is 0 Å². The van der Waals surface area contributed by atoms with Gasteiger partial charge in [0.1, 0.15) is 0 Å². The summed E-state index contributed by atoms with van der Waals surface area (Å²) in [5, 5.41) is 17.8. The lowest BCUT2D eigenvalue weighted by Gasteiger charge is -2.34. The molecule has 0 saturated heterocycles. The lowest BCUT2D eigenvalue weighted by Crippen LogP contribution is -2.44. The zero-order valence-corrected chi connectivity index (χ0v) is 21.6. The van der Waals surface area contributed by atoms with Crippen molar-refractivity contribution in [2.75, 3.05) is 52.9 Å². The standard InChI is InChI=1S/C20H46O7Si2.3CH4/c1-19(17-21)25-13-11-23-9-7-15-28(3,4)27-29(5,6)16-8-10-24-12-14-26-20(2)18-22;;;/h19-22H,7-18H2,1-6H3;3*1H4. The van der Waals surface area contributed by atoms with Crippen molar-refractivity contribution in [2.24, 2.45) is 0 Å². The van der Waals surface area contributed by atoms with E-state index in [1.165, 1.54) is 0 Å². The lowest BCUT2D eigenvalue weighted by atomic mass is 10.4. The van der Waals surface area contributed by atoms with E-state index < -0.39 is 16.6 Å². The molecule has 0 heterocycles. The lowest BCUT2D eigenvalue weighted by molar-refractivity contribution is -0.0103. The molecule has 2 atom stereocenters. The second-order valence-corrected chi connectivity index (χ2v) is 17.6. The first-order chi connectivity index (χ1) is 13.6. The topological polar surface area (TPSA) is 86.6 Å². The highest BCUT2D eigenvalue weighted by Crippen LogP contribution is 2.23. The Morgan fingerprint density at radius 2 is 0.938 bits per heavy atom. The van der Waals surface area contributed by atoms with Crippen LogP contribution in [0.1, 0.15) is 49.0 Å². The third kappa shape index (κ3) is 24.8. The zero-order chi connectivity index (χ0) is 22.2. The molecule has 200 valence electrons. The van der Waals surface area contributed by atoms with Crippen molar-refractivity contribution < 1.29 is 33.3 Å². The van der Waals surface area contributed by atoms with Crippen LogP contribution in [-0.4, -0.2) is 91.9 Å². The van der Waals surface area contributed by atoms with Gasteiger partial charge in [-0.25, -0.2) is 0 Å². The minimum absolute atomic E-state index is 0. The highest BCUT2D eigenvalue weighted by atomic mass is 28.4. The summed E-state index contributed by atoms with van der Waals surface area (Å²) in [6, 6.07) is 2.18. The first kappa shape index (κ1) is 39.4. The summed E-state index contributed by atoms with van der Waals surface area (Å²) in [4.78, 5) is 0. The summed E-state index contributed by atoms with van der Waals surface area (Å²) < 4.78 is 28.6. The first-order valence-corrected chi connectivity index (χ1v) is 17.2. The number of rotatable bonds is 20. The minimum atomic E-state index is -1.70. The van der Waals surface area contributed by atoms with Crippen LogP contribution in [0, 0.1) is 0 Å². The van der Waals surface area contributed by atoms with Crippen molar-refractivity contribution in [3.8, 4) is 0 Å². The average molecular weight is 503 g/mol. The van der Waals surface area contributed by atoms with Crippen LogP contribution < -0.4 is 0 Å². The van der Waals surface area contributed by atoms with E-state index in [0.717, 1.165) is 38.1 Å². The quantitative estimate of drug-likeness (QED) is 0.180. The fraction of sp³-hybridized carbons (Fsp3) is 1.00. The van der Waals surface area contributed by atoms with Crippen molar-refractivity contribution in [1.29, 1.82) is 0 Å². The molecule has 0 spiro atoms. The van der Waals surface area contributed by atoms with E-state index in [2.05, 4.69) is 26.2 Å². The number of aliphatic hydroxyl groups excluding tert-OH is 2. The maximum atomic E-state index is 8.90. The molecule has 32 heavy (non-hydrogen) atoms. The largest absolute Gasteiger partial charge is 0.455 e. The van der Waals surface area contributed by atoms with E-state index in [1.54, 1.807) is 0 Å². The van der Waals surface area contributed by atoms with Gasteiger partial charge in [0, 0.05) is 13.2 Å². The Kier molecular flexibility index (Phi) is 28.2. The van der Waals surface area contributed by atoms with Crippen molar-refractivity contribution in [1.82, 2.24) is 0 Å². The number of hydrogen-bond acceptors (Lipinski definition) is 7. The van der Waals surface area contributed by atoms with Crippen molar-refractivity contribution in [3.05, 3.63) is 0 Å². The normalized spacial score (nSPS) is 13.5. The highest BCUT2D eigenvalue weighted by molar-refractivity contribution is 6.84. The Hall–Kier alpha value is 0.154. The molecule has 0 radical (unpaired) electrons. The molecule has 0 aromatic heterocycles. The fourth-order valence-electron chi connectivity index (χ4n) is 2.98. The molecule has 0 bridgehead atoms. The Morgan fingerprint density at radius 3 is 1.25 bits per heavy atom. The first-order valence-electron chi connectivity index (χ1n) is 10.9. The van der Waals surface area contributed by atoms with Gasteiger partial charge in [-0.2, -0.15) is 0 Å². The van der Waals surface area contributed by atoms with Gasteiger partial charge in [-0.1, -0.05) is 22.3 Å². The molecule has 2 N–H and O–H groups in total. The molecular formula is C23H58O7Si2. The summed E-state index contributed by atoms with van der Waals surface area (Å²) in [7, 11) is -3.39. The van der Waals surface area contributed by atoms with Crippen LogP contribution in [0.3, 0.4) is 0 Å². The number of ether oxygens (including phenoxy) is 4. The van der Waals surface area contributed by atoms with E-state index in [4.69, 9.17) is 33.3 Å². The Labute approximate surface area is 202 Å². The van der Waals surface area contributed by atoms with Crippen LogP contribution in [-0.2, 0) is 23.1 Å². The van der Waals surface area contributed by atoms with Crippen molar-refractivity contribution in [2.45, 2.75) is 99.5 Å². The van der Waals surface area contributed by atoms with Gasteiger partial charge in [0.25, 0.3) is 0 Å². The second kappa shape index (κ2) is 22.9. The predicted molar refractivity (Wildman–Crippen MR) is 142 cm³/mol. The Morgan fingerprint density at radius 1 is 0.594 bits per heavy atom. The highest BCUT2D eigenvalue weighted by Gasteiger charge is 2.32. The van der Waals surface area contributed by atoms with Crippen molar-refractivity contribution in [3.63, 3.8) is 0 Å². The van der Waals surface area contributed by atoms with Crippen LogP contribution in [0.4, 0.5) is 0 Å². The SMILES string of the molecule is C.C.C.CC(CO)OCCOCCC[Si](C)(C)O[Si](C)(C)CCCOCCOC(C)CO. The molecule has 0 rings (SSSR count). The molecule has 2 unspecified atom stereocenters. The van der Waals surface area contributed by atoms with Gasteiger partial charge in [-0.15, -0.1) is 0 Å². The fourth-order valence-corrected chi connectivity index (χ4v) is 11.8. The van der Waals surface area contributed by atoms with E-state index in [-0.39, 0.29) is 47.7 Å². The number of hydrogen-bond donors (Lipinski definition) is 2. The molecule has 0 aromatic carbocycles. The predicted octanol–water partition coefficient (Wildman–Crippen LogP) is 4.93. The minimum Gasteiger partial charge on any atom is -0.455 e. The van der Waals surface area contributed by atoms with Gasteiger partial charge in [-0.3, -0.25) is 0 Å². The molecule has 0 aliphatic heterocycles. The smallest absolute Gasteiger partial charge is 0.173 e. The van der Waals surface area contributed by atoms with Crippen LogP contribution in [0.25, 0.3) is 0 Å². The maximum absolute atomic E-state index is 8.90. The van der Waals surface area contributed by atoms with Crippen molar-refractivity contribution >= 4 is 16.6 Å². The molecule has 0 fully saturated rings. The van der Waals surface area contributed by atoms with Crippen LogP contribution in [0.15, 0.2) is 0 Å². The Balaban J connectivity index is -0.00000131.